The zero-order chi connectivity index (χ0) is 22.1. The number of nitrogens with zero attached hydrogens (tertiary/aromatic N) is 4. The van der Waals surface area contributed by atoms with Gasteiger partial charge < -0.3 is 15.6 Å². The minimum absolute atomic E-state index is 0.0197. The van der Waals surface area contributed by atoms with Crippen LogP contribution >= 0.6 is 0 Å². The molecule has 1 unspecified atom stereocenters. The van der Waals surface area contributed by atoms with Crippen molar-refractivity contribution in [3.05, 3.63) is 48.0 Å². The number of carbonyl (C=O) groups excluding carboxylic acids is 1. The van der Waals surface area contributed by atoms with Crippen molar-refractivity contribution in [3.8, 4) is 0 Å². The highest BCUT2D eigenvalue weighted by Gasteiger charge is 2.22. The van der Waals surface area contributed by atoms with Crippen LogP contribution in [0, 0.1) is 11.3 Å². The summed E-state index contributed by atoms with van der Waals surface area (Å²) in [6.07, 6.45) is 6.04. The summed E-state index contributed by atoms with van der Waals surface area (Å²) in [5.74, 6) is 0.125. The van der Waals surface area contributed by atoms with Crippen molar-refractivity contribution in [2.45, 2.75) is 26.2 Å². The number of nitrogens with one attached hydrogen (secondary N) is 3. The zero-order valence-corrected chi connectivity index (χ0v) is 18.0. The first-order chi connectivity index (χ1) is 15.1. The number of rotatable bonds is 5. The molecule has 9 heteroatoms. The van der Waals surface area contributed by atoms with Gasteiger partial charge in [-0.2, -0.15) is 5.10 Å². The van der Waals surface area contributed by atoms with Crippen molar-refractivity contribution >= 4 is 23.3 Å². The lowest BCUT2D eigenvalue weighted by Gasteiger charge is -2.28. The number of hydrazone groups is 1. The first-order valence-electron chi connectivity index (χ1n) is 10.7. The number of piperazine rings is 1. The van der Waals surface area contributed by atoms with E-state index in [9.17, 15) is 4.79 Å². The maximum Gasteiger partial charge on any atom is 0.303 e. The average molecular weight is 424 g/mol. The normalized spacial score (nSPS) is 18.5. The Labute approximate surface area is 182 Å². The summed E-state index contributed by atoms with van der Waals surface area (Å²) in [5.41, 5.74) is 12.2. The van der Waals surface area contributed by atoms with Gasteiger partial charge in [-0.15, -0.1) is 0 Å². The van der Waals surface area contributed by atoms with E-state index in [2.05, 4.69) is 55.7 Å². The molecule has 0 aliphatic carbocycles. The molecule has 0 radical (unpaired) electrons. The van der Waals surface area contributed by atoms with E-state index in [1.165, 1.54) is 11.4 Å². The summed E-state index contributed by atoms with van der Waals surface area (Å²) in [7, 11) is 0. The number of imidazole rings is 1. The molecule has 164 valence electrons. The van der Waals surface area contributed by atoms with Crippen molar-refractivity contribution in [3.63, 3.8) is 0 Å². The van der Waals surface area contributed by atoms with E-state index in [0.717, 1.165) is 56.8 Å². The van der Waals surface area contributed by atoms with Gasteiger partial charge in [0.1, 0.15) is 13.1 Å². The van der Waals surface area contributed by atoms with E-state index in [1.54, 1.807) is 6.33 Å². The van der Waals surface area contributed by atoms with E-state index in [-0.39, 0.29) is 11.8 Å². The lowest BCUT2D eigenvalue weighted by atomic mass is 9.94. The van der Waals surface area contributed by atoms with Crippen LogP contribution in [0.5, 0.6) is 0 Å². The van der Waals surface area contributed by atoms with Crippen LogP contribution in [0.3, 0.4) is 0 Å². The molecule has 0 spiro atoms. The molecule has 1 aromatic heterocycles. The highest BCUT2D eigenvalue weighted by molar-refractivity contribution is 6.05. The third kappa shape index (κ3) is 6.34. The van der Waals surface area contributed by atoms with Gasteiger partial charge in [0.15, 0.2) is 0 Å². The van der Waals surface area contributed by atoms with E-state index in [1.807, 2.05) is 17.7 Å². The number of anilines is 1. The minimum Gasteiger partial charge on any atom is -0.364 e. The number of H-pyrrole nitrogens is 1. The first kappa shape index (κ1) is 22.4. The van der Waals surface area contributed by atoms with Crippen molar-refractivity contribution in [2.24, 2.45) is 16.8 Å². The molecular weight excluding hydrogens is 392 g/mol. The Morgan fingerprint density at radius 1 is 1.29 bits per heavy atom. The maximum atomic E-state index is 11.3. The second-order valence-corrected chi connectivity index (χ2v) is 7.74. The molecule has 31 heavy (non-hydrogen) atoms. The van der Waals surface area contributed by atoms with Crippen LogP contribution < -0.4 is 16.1 Å². The van der Waals surface area contributed by atoms with Gasteiger partial charge in [-0.3, -0.25) is 4.79 Å². The Hall–Kier alpha value is -3.29. The molecule has 1 saturated heterocycles. The van der Waals surface area contributed by atoms with Gasteiger partial charge in [-0.05, 0) is 37.1 Å². The number of aromatic amines is 1. The smallest absolute Gasteiger partial charge is 0.303 e. The van der Waals surface area contributed by atoms with Gasteiger partial charge in [0.05, 0.1) is 25.1 Å². The third-order valence-corrected chi connectivity index (χ3v) is 5.43. The van der Waals surface area contributed by atoms with Crippen molar-refractivity contribution in [2.75, 3.05) is 37.6 Å². The predicted octanol–water partition coefficient (Wildman–Crippen LogP) is 1.43. The number of hydrogen-bond acceptors (Lipinski definition) is 6. The summed E-state index contributed by atoms with van der Waals surface area (Å²) in [5, 5.41) is 11.3. The van der Waals surface area contributed by atoms with E-state index < -0.39 is 0 Å². The van der Waals surface area contributed by atoms with Crippen molar-refractivity contribution in [1.29, 1.82) is 5.41 Å². The Morgan fingerprint density at radius 3 is 2.61 bits per heavy atom. The fourth-order valence-electron chi connectivity index (χ4n) is 3.64. The van der Waals surface area contributed by atoms with Crippen LogP contribution in [-0.2, 0) is 11.2 Å². The Morgan fingerprint density at radius 2 is 2.03 bits per heavy atom. The van der Waals surface area contributed by atoms with E-state index in [4.69, 9.17) is 11.1 Å². The Bertz CT molecular complexity index is 919. The summed E-state index contributed by atoms with van der Waals surface area (Å²) in [4.78, 5) is 20.5. The van der Waals surface area contributed by atoms with Crippen LogP contribution in [0.25, 0.3) is 0 Å². The van der Waals surface area contributed by atoms with Gasteiger partial charge in [0.2, 0.25) is 5.91 Å². The number of hydrogen-bond donors (Lipinski definition) is 4. The number of nitrogens with two attached hydrogens (primary N) is 1. The van der Waals surface area contributed by atoms with Gasteiger partial charge in [-0.25, -0.2) is 15.0 Å². The molecule has 5 N–H and O–H groups in total. The number of amides is 1. The van der Waals surface area contributed by atoms with Gasteiger partial charge in [0.25, 0.3) is 0 Å². The largest absolute Gasteiger partial charge is 0.364 e. The Kier molecular flexibility index (Phi) is 8.09. The topological polar surface area (TPSA) is 126 Å². The summed E-state index contributed by atoms with van der Waals surface area (Å²) >= 11 is 0. The number of carbonyl (C=O) groups is 1. The maximum absolute atomic E-state index is 11.3. The molecule has 1 amide bonds. The lowest BCUT2D eigenvalue weighted by molar-refractivity contribution is -0.523. The molecule has 1 aromatic carbocycles. The van der Waals surface area contributed by atoms with Crippen molar-refractivity contribution in [1.82, 2.24) is 15.4 Å². The second-order valence-electron chi connectivity index (χ2n) is 7.74. The molecule has 2 aliphatic heterocycles. The van der Waals surface area contributed by atoms with Crippen LogP contribution in [0.2, 0.25) is 0 Å². The SMILES string of the molecule is CC1CC(=O)NN=C1c1ccc(N2CC[N+](=C=N)CC2)cc1.NCCCc1cnc[nH]1. The molecule has 9 nitrogen and oxygen atoms in total. The first-order valence-corrected chi connectivity index (χ1v) is 10.7. The second kappa shape index (κ2) is 11.2. The van der Waals surface area contributed by atoms with Gasteiger partial charge >= 0.3 is 6.01 Å². The monoisotopic (exact) mass is 423 g/mol. The van der Waals surface area contributed by atoms with Crippen LogP contribution in [0.4, 0.5) is 5.69 Å². The van der Waals surface area contributed by atoms with Crippen LogP contribution in [-0.4, -0.2) is 64.9 Å². The lowest BCUT2D eigenvalue weighted by Crippen LogP contribution is -2.41. The average Bonchev–Trinajstić information content (AvgIpc) is 3.32. The minimum atomic E-state index is -0.0197. The van der Waals surface area contributed by atoms with Crippen LogP contribution in [0.15, 0.2) is 41.9 Å². The molecule has 1 fully saturated rings. The van der Waals surface area contributed by atoms with Crippen molar-refractivity contribution < 1.29 is 9.37 Å². The molecule has 2 aromatic rings. The predicted molar refractivity (Wildman–Crippen MR) is 121 cm³/mol. The molecule has 0 saturated carbocycles. The highest BCUT2D eigenvalue weighted by Crippen LogP contribution is 2.21. The highest BCUT2D eigenvalue weighted by atomic mass is 16.2. The van der Waals surface area contributed by atoms with Gasteiger partial charge in [-0.1, -0.05) is 24.5 Å². The summed E-state index contributed by atoms with van der Waals surface area (Å²) in [6, 6.07) is 10.8. The number of benzene rings is 1. The molecule has 0 bridgehead atoms. The Balaban J connectivity index is 0.000000254. The fourth-order valence-corrected chi connectivity index (χ4v) is 3.64. The number of aromatic nitrogens is 2. The molecule has 2 aliphatic rings. The summed E-state index contributed by atoms with van der Waals surface area (Å²) in [6.45, 7) is 6.25. The van der Waals surface area contributed by atoms with Gasteiger partial charge in [0, 0.05) is 29.9 Å². The molecule has 3 heterocycles. The third-order valence-electron chi connectivity index (χ3n) is 5.43. The molecule has 1 atom stereocenters. The van der Waals surface area contributed by atoms with E-state index >= 15 is 0 Å². The zero-order valence-electron chi connectivity index (χ0n) is 18.0. The fraction of sp³-hybridized carbons (Fsp3) is 0.455. The summed E-state index contributed by atoms with van der Waals surface area (Å²) < 4.78 is 1.89. The quantitative estimate of drug-likeness (QED) is 0.429. The molecule has 4 rings (SSSR count). The number of aryl methyl sites for hydroxylation is 1. The van der Waals surface area contributed by atoms with Crippen LogP contribution in [0.1, 0.15) is 31.0 Å². The standard InChI is InChI=1S/C16H19N5O.C6H11N3/c1-12-10-15(22)18-19-16(12)13-2-4-14(5-3-13)21-8-6-20(11-17)7-9-21;7-3-1-2-6-4-8-5-9-6/h2-5,12,17H,6-10H2,1H3;4-5H,1-3,7H2,(H,8,9)/p+1. The van der Waals surface area contributed by atoms with E-state index in [0.29, 0.717) is 6.42 Å². The molecular formula is C22H31N8O+.